The van der Waals surface area contributed by atoms with Gasteiger partial charge in [-0.25, -0.2) is 0 Å². The number of benzene rings is 2. The van der Waals surface area contributed by atoms with E-state index in [4.69, 9.17) is 4.74 Å². The molecule has 1 aliphatic carbocycles. The smallest absolute Gasteiger partial charge is 0.119 e. The van der Waals surface area contributed by atoms with Crippen molar-refractivity contribution in [2.75, 3.05) is 45.9 Å². The predicted octanol–water partition coefficient (Wildman–Crippen LogP) is 5.23. The molecule has 2 atom stereocenters. The summed E-state index contributed by atoms with van der Waals surface area (Å²) in [5.41, 5.74) is 5.58. The molecule has 2 aliphatic heterocycles. The zero-order valence-electron chi connectivity index (χ0n) is 21.5. The number of rotatable bonds is 10. The van der Waals surface area contributed by atoms with Crippen LogP contribution in [0.15, 0.2) is 90.2 Å². The highest BCUT2D eigenvalue weighted by atomic mass is 16.5. The van der Waals surface area contributed by atoms with Crippen molar-refractivity contribution in [3.05, 3.63) is 101 Å². The molecule has 194 valence electrons. The summed E-state index contributed by atoms with van der Waals surface area (Å²) < 4.78 is 6.14. The lowest BCUT2D eigenvalue weighted by Crippen LogP contribution is -2.29. The fourth-order valence-electron chi connectivity index (χ4n) is 5.75. The minimum absolute atomic E-state index is 0.140. The molecule has 2 aromatic carbocycles. The third-order valence-electron chi connectivity index (χ3n) is 7.66. The van der Waals surface area contributed by atoms with Crippen molar-refractivity contribution in [3.8, 4) is 5.75 Å². The van der Waals surface area contributed by atoms with Crippen LogP contribution in [0.3, 0.4) is 0 Å². The second-order valence-electron chi connectivity index (χ2n) is 10.2. The molecule has 0 amide bonds. The number of nitrogens with zero attached hydrogens (tertiary/aromatic N) is 1. The van der Waals surface area contributed by atoms with E-state index in [9.17, 15) is 10.2 Å². The lowest BCUT2D eigenvalue weighted by atomic mass is 9.86. The van der Waals surface area contributed by atoms with Gasteiger partial charge in [-0.05, 0) is 83.8 Å². The van der Waals surface area contributed by atoms with Crippen molar-refractivity contribution in [2.24, 2.45) is 11.8 Å². The van der Waals surface area contributed by atoms with E-state index in [0.29, 0.717) is 25.2 Å². The van der Waals surface area contributed by atoms with Crippen LogP contribution in [-0.4, -0.2) is 61.1 Å². The fourth-order valence-corrected chi connectivity index (χ4v) is 5.75. The molecule has 2 aromatic rings. The van der Waals surface area contributed by atoms with Crippen molar-refractivity contribution in [2.45, 2.75) is 19.3 Å². The largest absolute Gasteiger partial charge is 0.512 e. The topological polar surface area (TPSA) is 65.0 Å². The Labute approximate surface area is 220 Å². The monoisotopic (exact) mass is 498 g/mol. The molecule has 2 fully saturated rings. The molecule has 5 nitrogen and oxygen atoms in total. The molecule has 2 heterocycles. The van der Waals surface area contributed by atoms with Crippen molar-refractivity contribution in [1.29, 1.82) is 0 Å². The molecule has 3 aliphatic rings. The first-order chi connectivity index (χ1) is 18.2. The van der Waals surface area contributed by atoms with Crippen LogP contribution in [0.5, 0.6) is 5.75 Å². The van der Waals surface area contributed by atoms with Crippen LogP contribution in [0.1, 0.15) is 30.4 Å². The number of likely N-dealkylation sites (tertiary alicyclic amines) is 1. The van der Waals surface area contributed by atoms with Gasteiger partial charge >= 0.3 is 0 Å². The summed E-state index contributed by atoms with van der Waals surface area (Å²) in [6.45, 7) is 6.47. The molecule has 0 aromatic heterocycles. The average Bonchev–Trinajstić information content (AvgIpc) is 3.45. The summed E-state index contributed by atoms with van der Waals surface area (Å²) in [6.07, 6.45) is 9.81. The Morgan fingerprint density at radius 1 is 0.946 bits per heavy atom. The van der Waals surface area contributed by atoms with E-state index in [1.54, 1.807) is 6.08 Å². The van der Waals surface area contributed by atoms with Crippen LogP contribution in [0.25, 0.3) is 11.1 Å². The van der Waals surface area contributed by atoms with Crippen LogP contribution >= 0.6 is 0 Å². The molecular formula is C32H38N2O3. The van der Waals surface area contributed by atoms with Gasteiger partial charge < -0.3 is 20.3 Å². The second-order valence-corrected chi connectivity index (χ2v) is 10.2. The quantitative estimate of drug-likeness (QED) is 0.392. The summed E-state index contributed by atoms with van der Waals surface area (Å²) >= 11 is 0. The van der Waals surface area contributed by atoms with Crippen LogP contribution < -0.4 is 10.1 Å². The minimum Gasteiger partial charge on any atom is -0.512 e. The lowest BCUT2D eigenvalue weighted by molar-refractivity contribution is 0.228. The Morgan fingerprint density at radius 2 is 1.70 bits per heavy atom. The van der Waals surface area contributed by atoms with Gasteiger partial charge in [-0.2, -0.15) is 0 Å². The standard InChI is InChI=1S/C32H38N2O3/c35-18-5-10-31(24-6-2-1-3-7-24)32(25-8-4-9-29(36)14-11-25)26-12-15-30(16-13-26)37-19-17-34-22-27-20-33-21-28(27)23-34/h1-4,6-8,11-16,27-28,33,35-36H,5,9-10,17-23H2/b32-31-/t27-,28+. The Morgan fingerprint density at radius 3 is 2.43 bits per heavy atom. The highest BCUT2D eigenvalue weighted by Crippen LogP contribution is 2.37. The van der Waals surface area contributed by atoms with E-state index in [0.717, 1.165) is 65.9 Å². The Kier molecular flexibility index (Phi) is 8.57. The second kappa shape index (κ2) is 12.4. The maximum Gasteiger partial charge on any atom is 0.119 e. The molecule has 0 unspecified atom stereocenters. The van der Waals surface area contributed by atoms with Gasteiger partial charge in [0.25, 0.3) is 0 Å². The van der Waals surface area contributed by atoms with E-state index in [-0.39, 0.29) is 6.61 Å². The molecule has 0 radical (unpaired) electrons. The fraction of sp³-hybridized carbons (Fsp3) is 0.375. The van der Waals surface area contributed by atoms with Gasteiger partial charge in [-0.3, -0.25) is 4.90 Å². The summed E-state index contributed by atoms with van der Waals surface area (Å²) in [7, 11) is 0. The van der Waals surface area contributed by atoms with Crippen LogP contribution in [0.2, 0.25) is 0 Å². The van der Waals surface area contributed by atoms with Crippen LogP contribution in [0.4, 0.5) is 0 Å². The van der Waals surface area contributed by atoms with E-state index in [1.807, 2.05) is 18.2 Å². The SMILES string of the molecule is OCCC/C(=C(\C1=CC=C(O)CC=C1)c1ccc(OCCN2C[C@H]3CNC[C@H]3C2)cc1)c1ccccc1. The van der Waals surface area contributed by atoms with Gasteiger partial charge in [-0.1, -0.05) is 60.7 Å². The first-order valence-electron chi connectivity index (χ1n) is 13.5. The van der Waals surface area contributed by atoms with E-state index in [1.165, 1.54) is 18.7 Å². The summed E-state index contributed by atoms with van der Waals surface area (Å²) in [4.78, 5) is 2.53. The molecule has 5 heteroatoms. The number of allylic oxidation sites excluding steroid dienone is 7. The molecule has 0 bridgehead atoms. The summed E-state index contributed by atoms with van der Waals surface area (Å²) in [5.74, 6) is 2.84. The van der Waals surface area contributed by atoms with Gasteiger partial charge in [0, 0.05) is 32.7 Å². The van der Waals surface area contributed by atoms with Gasteiger partial charge in [0.1, 0.15) is 12.4 Å². The highest BCUT2D eigenvalue weighted by Gasteiger charge is 2.35. The molecule has 0 saturated carbocycles. The van der Waals surface area contributed by atoms with Crippen molar-refractivity contribution >= 4 is 11.1 Å². The van der Waals surface area contributed by atoms with Crippen molar-refractivity contribution in [3.63, 3.8) is 0 Å². The lowest BCUT2D eigenvalue weighted by Gasteiger charge is -2.19. The van der Waals surface area contributed by atoms with E-state index in [2.05, 4.69) is 64.8 Å². The van der Waals surface area contributed by atoms with Gasteiger partial charge in [0.15, 0.2) is 0 Å². The Hall–Kier alpha value is -3.12. The molecule has 3 N–H and O–H groups in total. The van der Waals surface area contributed by atoms with Crippen LogP contribution in [-0.2, 0) is 0 Å². The average molecular weight is 499 g/mol. The summed E-state index contributed by atoms with van der Waals surface area (Å²) in [6, 6.07) is 18.7. The van der Waals surface area contributed by atoms with Crippen molar-refractivity contribution < 1.29 is 14.9 Å². The predicted molar refractivity (Wildman–Crippen MR) is 150 cm³/mol. The van der Waals surface area contributed by atoms with Gasteiger partial charge in [0.05, 0.1) is 5.76 Å². The zero-order chi connectivity index (χ0) is 25.5. The number of aliphatic hydroxyl groups is 2. The number of fused-ring (bicyclic) bond motifs is 1. The number of hydrogen-bond acceptors (Lipinski definition) is 5. The normalized spacial score (nSPS) is 22.2. The number of aliphatic hydroxyl groups excluding tert-OH is 2. The van der Waals surface area contributed by atoms with Gasteiger partial charge in [-0.15, -0.1) is 0 Å². The number of ether oxygens (including phenoxy) is 1. The minimum atomic E-state index is 0.140. The van der Waals surface area contributed by atoms with E-state index < -0.39 is 0 Å². The van der Waals surface area contributed by atoms with Crippen LogP contribution in [0, 0.1) is 11.8 Å². The van der Waals surface area contributed by atoms with Gasteiger partial charge in [0.2, 0.25) is 0 Å². The number of hydrogen-bond donors (Lipinski definition) is 3. The van der Waals surface area contributed by atoms with E-state index >= 15 is 0 Å². The third kappa shape index (κ3) is 6.42. The zero-order valence-corrected chi connectivity index (χ0v) is 21.5. The Balaban J connectivity index is 1.38. The molecule has 2 saturated heterocycles. The first kappa shape index (κ1) is 25.5. The highest BCUT2D eigenvalue weighted by molar-refractivity contribution is 6.00. The molecule has 37 heavy (non-hydrogen) atoms. The first-order valence-corrected chi connectivity index (χ1v) is 13.5. The number of nitrogens with one attached hydrogen (secondary N) is 1. The molecular weight excluding hydrogens is 460 g/mol. The Bertz CT molecular complexity index is 1150. The molecule has 0 spiro atoms. The van der Waals surface area contributed by atoms with Crippen molar-refractivity contribution in [1.82, 2.24) is 10.2 Å². The third-order valence-corrected chi connectivity index (χ3v) is 7.66. The summed E-state index contributed by atoms with van der Waals surface area (Å²) in [5, 5.41) is 23.2. The maximum atomic E-state index is 10.1. The molecule has 5 rings (SSSR count). The maximum absolute atomic E-state index is 10.1.